The molecule has 0 saturated carbocycles. The maximum Gasteiger partial charge on any atom is 0.324 e. The van der Waals surface area contributed by atoms with E-state index in [0.29, 0.717) is 34.4 Å². The molecule has 3 heterocycles. The molecule has 4 aromatic rings. The molecule has 0 unspecified atom stereocenters. The number of aromatic nitrogens is 3. The summed E-state index contributed by atoms with van der Waals surface area (Å²) in [5.74, 6) is 2.01. The minimum absolute atomic E-state index is 0.120. The zero-order valence-corrected chi connectivity index (χ0v) is 20.2. The van der Waals surface area contributed by atoms with Gasteiger partial charge in [-0.25, -0.2) is 14.5 Å². The number of fused-ring (bicyclic) bond motifs is 1. The van der Waals surface area contributed by atoms with Crippen molar-refractivity contribution in [2.24, 2.45) is 0 Å². The number of anilines is 3. The van der Waals surface area contributed by atoms with Gasteiger partial charge in [-0.15, -0.1) is 0 Å². The highest BCUT2D eigenvalue weighted by Crippen LogP contribution is 2.33. The molecule has 2 aromatic heterocycles. The highest BCUT2D eigenvalue weighted by molar-refractivity contribution is 6.00. The molecule has 3 N–H and O–H groups in total. The normalized spacial score (nSPS) is 12.6. The maximum atomic E-state index is 12.9. The summed E-state index contributed by atoms with van der Waals surface area (Å²) in [6, 6.07) is 19.9. The third-order valence-corrected chi connectivity index (χ3v) is 5.65. The van der Waals surface area contributed by atoms with Crippen LogP contribution in [0.3, 0.4) is 0 Å². The van der Waals surface area contributed by atoms with Crippen LogP contribution in [0.4, 0.5) is 22.1 Å². The van der Waals surface area contributed by atoms with Crippen LogP contribution < -0.4 is 20.7 Å². The molecule has 0 saturated heterocycles. The summed E-state index contributed by atoms with van der Waals surface area (Å²) in [5, 5.41) is 13.2. The average Bonchev–Trinajstić information content (AvgIpc) is 3.43. The van der Waals surface area contributed by atoms with Gasteiger partial charge in [0.15, 0.2) is 0 Å². The molecular weight excluding hydrogens is 456 g/mol. The van der Waals surface area contributed by atoms with Crippen molar-refractivity contribution < 1.29 is 14.3 Å². The third kappa shape index (κ3) is 4.90. The first-order valence-corrected chi connectivity index (χ1v) is 11.6. The summed E-state index contributed by atoms with van der Waals surface area (Å²) < 4.78 is 7.73. The number of rotatable bonds is 5. The van der Waals surface area contributed by atoms with Crippen LogP contribution >= 0.6 is 0 Å². The van der Waals surface area contributed by atoms with Crippen molar-refractivity contribution in [3.05, 3.63) is 84.2 Å². The quantitative estimate of drug-likeness (QED) is 0.348. The number of pyridine rings is 1. The molecule has 1 aliphatic rings. The van der Waals surface area contributed by atoms with E-state index in [-0.39, 0.29) is 17.7 Å². The summed E-state index contributed by atoms with van der Waals surface area (Å²) in [4.78, 5) is 28.8. The molecule has 0 spiro atoms. The van der Waals surface area contributed by atoms with Crippen LogP contribution in [-0.2, 0) is 16.6 Å². The number of urea groups is 1. The Morgan fingerprint density at radius 1 is 1.03 bits per heavy atom. The fraction of sp³-hybridized carbons (Fsp3) is 0.185. The molecule has 9 nitrogen and oxygen atoms in total. The molecule has 0 atom stereocenters. The fourth-order valence-corrected chi connectivity index (χ4v) is 3.83. The molecule has 9 heteroatoms. The monoisotopic (exact) mass is 482 g/mol. The Labute approximate surface area is 208 Å². The largest absolute Gasteiger partial charge is 0.457 e. The van der Waals surface area contributed by atoms with Gasteiger partial charge in [0.2, 0.25) is 5.91 Å². The van der Waals surface area contributed by atoms with Crippen molar-refractivity contribution in [1.82, 2.24) is 14.8 Å². The van der Waals surface area contributed by atoms with E-state index in [0.717, 1.165) is 11.4 Å². The van der Waals surface area contributed by atoms with Gasteiger partial charge < -0.3 is 15.4 Å². The van der Waals surface area contributed by atoms with Gasteiger partial charge in [0.1, 0.15) is 23.1 Å². The van der Waals surface area contributed by atoms with E-state index in [9.17, 15) is 9.59 Å². The van der Waals surface area contributed by atoms with Crippen LogP contribution in [-0.4, -0.2) is 26.7 Å². The van der Waals surface area contributed by atoms with E-state index in [1.807, 2.05) is 36.4 Å². The lowest BCUT2D eigenvalue weighted by Crippen LogP contribution is -2.21. The number of para-hydroxylation sites is 1. The van der Waals surface area contributed by atoms with E-state index in [1.54, 1.807) is 41.2 Å². The molecule has 3 amide bonds. The number of hydrogen-bond donors (Lipinski definition) is 3. The molecule has 36 heavy (non-hydrogen) atoms. The Morgan fingerprint density at radius 2 is 1.83 bits per heavy atom. The number of nitrogens with zero attached hydrogens (tertiary/aromatic N) is 3. The Kier molecular flexibility index (Phi) is 5.89. The first kappa shape index (κ1) is 23.1. The molecule has 0 radical (unpaired) electrons. The summed E-state index contributed by atoms with van der Waals surface area (Å²) in [7, 11) is 0. The SMILES string of the molecule is CC(C)(C)c1cc(NC(=O)Nc2cccc(Oc3ccnc4c3CC(=O)N4)c2)n(-c2ccccc2)n1. The topological polar surface area (TPSA) is 110 Å². The lowest BCUT2D eigenvalue weighted by Gasteiger charge is -2.14. The minimum atomic E-state index is -0.413. The first-order chi connectivity index (χ1) is 17.3. The minimum Gasteiger partial charge on any atom is -0.457 e. The van der Waals surface area contributed by atoms with Crippen molar-refractivity contribution in [3.63, 3.8) is 0 Å². The lowest BCUT2D eigenvalue weighted by molar-refractivity contribution is -0.115. The van der Waals surface area contributed by atoms with Crippen LogP contribution in [0.2, 0.25) is 0 Å². The van der Waals surface area contributed by atoms with E-state index in [4.69, 9.17) is 9.84 Å². The Bertz CT molecular complexity index is 1440. The van der Waals surface area contributed by atoms with Crippen molar-refractivity contribution in [2.45, 2.75) is 32.6 Å². The van der Waals surface area contributed by atoms with Crippen LogP contribution in [0.15, 0.2) is 72.9 Å². The second-order valence-corrected chi connectivity index (χ2v) is 9.48. The smallest absolute Gasteiger partial charge is 0.324 e. The Hall–Kier alpha value is -4.66. The molecule has 0 fully saturated rings. The predicted molar refractivity (Wildman–Crippen MR) is 138 cm³/mol. The van der Waals surface area contributed by atoms with Crippen molar-refractivity contribution in [3.8, 4) is 17.2 Å². The Morgan fingerprint density at radius 3 is 2.61 bits per heavy atom. The second kappa shape index (κ2) is 9.18. The molecule has 0 bridgehead atoms. The van der Waals surface area contributed by atoms with Crippen LogP contribution in [0.1, 0.15) is 32.0 Å². The zero-order chi connectivity index (χ0) is 25.3. The van der Waals surface area contributed by atoms with Crippen LogP contribution in [0.25, 0.3) is 5.69 Å². The Balaban J connectivity index is 1.33. The highest BCUT2D eigenvalue weighted by atomic mass is 16.5. The summed E-state index contributed by atoms with van der Waals surface area (Å²) in [6.07, 6.45) is 1.79. The van der Waals surface area contributed by atoms with Crippen LogP contribution in [0, 0.1) is 0 Å². The van der Waals surface area contributed by atoms with Crippen molar-refractivity contribution in [2.75, 3.05) is 16.0 Å². The van der Waals surface area contributed by atoms with Gasteiger partial charge in [-0.3, -0.25) is 10.1 Å². The summed E-state index contributed by atoms with van der Waals surface area (Å²) in [6.45, 7) is 6.22. The molecular formula is C27H26N6O3. The molecule has 0 aliphatic carbocycles. The zero-order valence-electron chi connectivity index (χ0n) is 20.2. The standard InChI is InChI=1S/C27H26N6O3/c1-27(2,3)22-16-23(33(32-22)18-9-5-4-6-10-18)30-26(35)29-17-8-7-11-19(14-17)36-21-12-13-28-25-20(21)15-24(34)31-25/h4-14,16H,15H2,1-3H3,(H,28,31,34)(H2,29,30,35). The van der Waals surface area contributed by atoms with Gasteiger partial charge in [0, 0.05) is 35.0 Å². The lowest BCUT2D eigenvalue weighted by atomic mass is 9.92. The molecule has 5 rings (SSSR count). The molecule has 2 aromatic carbocycles. The summed E-state index contributed by atoms with van der Waals surface area (Å²) >= 11 is 0. The molecule has 1 aliphatic heterocycles. The maximum absolute atomic E-state index is 12.9. The number of ether oxygens (including phenoxy) is 1. The predicted octanol–water partition coefficient (Wildman–Crippen LogP) is 5.50. The van der Waals surface area contributed by atoms with E-state index in [1.165, 1.54) is 0 Å². The number of amides is 3. The van der Waals surface area contributed by atoms with E-state index in [2.05, 4.69) is 41.7 Å². The number of carbonyl (C=O) groups excluding carboxylic acids is 2. The van der Waals surface area contributed by atoms with Gasteiger partial charge in [-0.1, -0.05) is 45.0 Å². The molecule has 182 valence electrons. The number of benzene rings is 2. The van der Waals surface area contributed by atoms with E-state index < -0.39 is 6.03 Å². The van der Waals surface area contributed by atoms with Gasteiger partial charge in [0.25, 0.3) is 0 Å². The van der Waals surface area contributed by atoms with Gasteiger partial charge in [-0.05, 0) is 30.3 Å². The average molecular weight is 483 g/mol. The number of nitrogens with one attached hydrogen (secondary N) is 3. The fourth-order valence-electron chi connectivity index (χ4n) is 3.83. The van der Waals surface area contributed by atoms with Crippen molar-refractivity contribution in [1.29, 1.82) is 0 Å². The van der Waals surface area contributed by atoms with Crippen molar-refractivity contribution >= 4 is 29.3 Å². The number of hydrogen-bond acceptors (Lipinski definition) is 5. The first-order valence-electron chi connectivity index (χ1n) is 11.6. The van der Waals surface area contributed by atoms with Gasteiger partial charge in [0.05, 0.1) is 17.8 Å². The second-order valence-electron chi connectivity index (χ2n) is 9.48. The van der Waals surface area contributed by atoms with E-state index >= 15 is 0 Å². The summed E-state index contributed by atoms with van der Waals surface area (Å²) in [5.41, 5.74) is 2.77. The van der Waals surface area contributed by atoms with Gasteiger partial charge in [-0.2, -0.15) is 5.10 Å². The van der Waals surface area contributed by atoms with Crippen LogP contribution in [0.5, 0.6) is 11.5 Å². The highest BCUT2D eigenvalue weighted by Gasteiger charge is 2.24. The van der Waals surface area contributed by atoms with Gasteiger partial charge >= 0.3 is 6.03 Å². The number of carbonyl (C=O) groups is 2. The third-order valence-electron chi connectivity index (χ3n) is 5.65.